The standard InChI is InChI=1S/C46H30/c1-3-9-35-27-37(19-15-31(35)7-1)33-13-17-34(18-14-33)43-25-26-44(46-12-6-5-11-45(43)46)42-24-23-40-29-39(21-22-41(40)30-42)38-20-16-32-8-2-4-10-36(32)28-38/h1-30H. The van der Waals surface area contributed by atoms with Gasteiger partial charge in [0.15, 0.2) is 0 Å². The van der Waals surface area contributed by atoms with Crippen LogP contribution in [0.15, 0.2) is 182 Å². The molecule has 0 radical (unpaired) electrons. The number of hydrogen-bond donors (Lipinski definition) is 0. The van der Waals surface area contributed by atoms with Gasteiger partial charge in [0.05, 0.1) is 0 Å². The van der Waals surface area contributed by atoms with E-state index in [1.165, 1.54) is 87.6 Å². The summed E-state index contributed by atoms with van der Waals surface area (Å²) in [6.45, 7) is 0. The zero-order chi connectivity index (χ0) is 30.5. The predicted octanol–water partition coefficient (Wildman–Crippen LogP) is 13.0. The summed E-state index contributed by atoms with van der Waals surface area (Å²) in [5.74, 6) is 0. The quantitative estimate of drug-likeness (QED) is 0.194. The van der Waals surface area contributed by atoms with Crippen LogP contribution in [-0.4, -0.2) is 0 Å². The molecule has 0 spiro atoms. The average Bonchev–Trinajstić information content (AvgIpc) is 3.13. The van der Waals surface area contributed by atoms with Crippen molar-refractivity contribution in [3.63, 3.8) is 0 Å². The van der Waals surface area contributed by atoms with Gasteiger partial charge in [-0.3, -0.25) is 0 Å². The molecule has 0 atom stereocenters. The maximum atomic E-state index is 2.33. The van der Waals surface area contributed by atoms with Gasteiger partial charge in [-0.15, -0.1) is 0 Å². The molecule has 0 N–H and O–H groups in total. The molecular weight excluding hydrogens is 553 g/mol. The van der Waals surface area contributed by atoms with Crippen molar-refractivity contribution in [1.29, 1.82) is 0 Å². The molecule has 0 amide bonds. The van der Waals surface area contributed by atoms with Crippen LogP contribution in [0, 0.1) is 0 Å². The maximum absolute atomic E-state index is 2.33. The van der Waals surface area contributed by atoms with Crippen molar-refractivity contribution in [2.75, 3.05) is 0 Å². The lowest BCUT2D eigenvalue weighted by atomic mass is 9.90. The fraction of sp³-hybridized carbons (Fsp3) is 0. The molecule has 214 valence electrons. The van der Waals surface area contributed by atoms with E-state index in [0.717, 1.165) is 0 Å². The van der Waals surface area contributed by atoms with Crippen molar-refractivity contribution in [2.24, 2.45) is 0 Å². The molecule has 9 rings (SSSR count). The van der Waals surface area contributed by atoms with E-state index in [4.69, 9.17) is 0 Å². The SMILES string of the molecule is c1ccc2cc(-c3ccc(-c4ccc(-c5ccc6cc(-c7ccc8ccccc8c7)ccc6c5)c5ccccc45)cc3)ccc2c1. The van der Waals surface area contributed by atoms with Gasteiger partial charge in [0.2, 0.25) is 0 Å². The minimum Gasteiger partial charge on any atom is -0.0616 e. The molecule has 0 bridgehead atoms. The Labute approximate surface area is 268 Å². The Bertz CT molecular complexity index is 2570. The van der Waals surface area contributed by atoms with Gasteiger partial charge in [0.1, 0.15) is 0 Å². The zero-order valence-electron chi connectivity index (χ0n) is 25.3. The fourth-order valence-electron chi connectivity index (χ4n) is 6.98. The van der Waals surface area contributed by atoms with Crippen LogP contribution in [0.1, 0.15) is 0 Å². The molecule has 0 saturated carbocycles. The molecule has 0 unspecified atom stereocenters. The highest BCUT2D eigenvalue weighted by Crippen LogP contribution is 2.38. The minimum absolute atomic E-state index is 1.23. The van der Waals surface area contributed by atoms with Crippen LogP contribution in [0.2, 0.25) is 0 Å². The van der Waals surface area contributed by atoms with Crippen molar-refractivity contribution in [2.45, 2.75) is 0 Å². The first-order chi connectivity index (χ1) is 22.8. The Morgan fingerprint density at radius 1 is 0.196 bits per heavy atom. The van der Waals surface area contributed by atoms with Crippen LogP contribution in [0.4, 0.5) is 0 Å². The fourth-order valence-corrected chi connectivity index (χ4v) is 6.98. The molecule has 0 aliphatic carbocycles. The Balaban J connectivity index is 1.06. The third-order valence-electron chi connectivity index (χ3n) is 9.44. The Kier molecular flexibility index (Phi) is 6.25. The number of rotatable bonds is 4. The van der Waals surface area contributed by atoms with Gasteiger partial charge in [-0.05, 0) is 112 Å². The van der Waals surface area contributed by atoms with E-state index in [1.54, 1.807) is 0 Å². The molecule has 0 aromatic heterocycles. The Hall–Kier alpha value is -5.98. The third-order valence-corrected chi connectivity index (χ3v) is 9.44. The lowest BCUT2D eigenvalue weighted by Gasteiger charge is -2.14. The van der Waals surface area contributed by atoms with E-state index < -0.39 is 0 Å². The van der Waals surface area contributed by atoms with Crippen LogP contribution in [0.3, 0.4) is 0 Å². The number of benzene rings is 9. The molecule has 9 aromatic rings. The molecule has 0 heterocycles. The number of fused-ring (bicyclic) bond motifs is 4. The second kappa shape index (κ2) is 10.9. The average molecular weight is 583 g/mol. The van der Waals surface area contributed by atoms with Gasteiger partial charge < -0.3 is 0 Å². The van der Waals surface area contributed by atoms with Crippen LogP contribution >= 0.6 is 0 Å². The maximum Gasteiger partial charge on any atom is -0.00992 e. The smallest absolute Gasteiger partial charge is 0.00992 e. The summed E-state index contributed by atoms with van der Waals surface area (Å²) in [6.07, 6.45) is 0. The van der Waals surface area contributed by atoms with Crippen molar-refractivity contribution >= 4 is 43.1 Å². The van der Waals surface area contributed by atoms with E-state index in [0.29, 0.717) is 0 Å². The van der Waals surface area contributed by atoms with E-state index in [1.807, 2.05) is 0 Å². The molecule has 0 nitrogen and oxygen atoms in total. The molecule has 46 heavy (non-hydrogen) atoms. The van der Waals surface area contributed by atoms with Gasteiger partial charge in [-0.2, -0.15) is 0 Å². The summed E-state index contributed by atoms with van der Waals surface area (Å²) >= 11 is 0. The van der Waals surface area contributed by atoms with Crippen molar-refractivity contribution in [3.05, 3.63) is 182 Å². The summed E-state index contributed by atoms with van der Waals surface area (Å²) in [5.41, 5.74) is 9.94. The lowest BCUT2D eigenvalue weighted by Crippen LogP contribution is -1.87. The monoisotopic (exact) mass is 582 g/mol. The molecule has 0 fully saturated rings. The summed E-state index contributed by atoms with van der Waals surface area (Å²) in [7, 11) is 0. The molecule has 0 saturated heterocycles. The predicted molar refractivity (Wildman–Crippen MR) is 198 cm³/mol. The summed E-state index contributed by atoms with van der Waals surface area (Å²) in [6, 6.07) is 66.6. The van der Waals surface area contributed by atoms with Gasteiger partial charge in [0, 0.05) is 0 Å². The van der Waals surface area contributed by atoms with Crippen LogP contribution < -0.4 is 0 Å². The summed E-state index contributed by atoms with van der Waals surface area (Å²) in [4.78, 5) is 0. The summed E-state index contributed by atoms with van der Waals surface area (Å²) in [5, 5.41) is 10.1. The topological polar surface area (TPSA) is 0 Å². The number of hydrogen-bond acceptors (Lipinski definition) is 0. The van der Waals surface area contributed by atoms with E-state index in [2.05, 4.69) is 182 Å². The first-order valence-corrected chi connectivity index (χ1v) is 15.9. The first-order valence-electron chi connectivity index (χ1n) is 15.9. The van der Waals surface area contributed by atoms with Gasteiger partial charge in [-0.1, -0.05) is 158 Å². The van der Waals surface area contributed by atoms with Gasteiger partial charge in [-0.25, -0.2) is 0 Å². The molecule has 0 heteroatoms. The normalized spacial score (nSPS) is 11.5. The lowest BCUT2D eigenvalue weighted by molar-refractivity contribution is 1.61. The Morgan fingerprint density at radius 3 is 1.07 bits per heavy atom. The van der Waals surface area contributed by atoms with Crippen LogP contribution in [-0.2, 0) is 0 Å². The Morgan fingerprint density at radius 2 is 0.522 bits per heavy atom. The van der Waals surface area contributed by atoms with Gasteiger partial charge >= 0.3 is 0 Å². The van der Waals surface area contributed by atoms with Crippen molar-refractivity contribution in [3.8, 4) is 44.5 Å². The molecule has 0 aliphatic rings. The first kappa shape index (κ1) is 26.4. The van der Waals surface area contributed by atoms with Gasteiger partial charge in [0.25, 0.3) is 0 Å². The second-order valence-corrected chi connectivity index (χ2v) is 12.2. The van der Waals surface area contributed by atoms with Crippen LogP contribution in [0.25, 0.3) is 87.6 Å². The van der Waals surface area contributed by atoms with Crippen molar-refractivity contribution in [1.82, 2.24) is 0 Å². The highest BCUT2D eigenvalue weighted by molar-refractivity contribution is 6.06. The third kappa shape index (κ3) is 4.64. The minimum atomic E-state index is 1.23. The highest BCUT2D eigenvalue weighted by Gasteiger charge is 2.11. The second-order valence-electron chi connectivity index (χ2n) is 12.2. The molecule has 0 aliphatic heterocycles. The van der Waals surface area contributed by atoms with E-state index in [9.17, 15) is 0 Å². The van der Waals surface area contributed by atoms with Crippen molar-refractivity contribution < 1.29 is 0 Å². The zero-order valence-corrected chi connectivity index (χ0v) is 25.3. The van der Waals surface area contributed by atoms with E-state index >= 15 is 0 Å². The van der Waals surface area contributed by atoms with Crippen LogP contribution in [0.5, 0.6) is 0 Å². The highest BCUT2D eigenvalue weighted by atomic mass is 14.1. The summed E-state index contributed by atoms with van der Waals surface area (Å²) < 4.78 is 0. The largest absolute Gasteiger partial charge is 0.0616 e. The molecule has 9 aromatic carbocycles. The molecular formula is C46H30. The van der Waals surface area contributed by atoms with E-state index in [-0.39, 0.29) is 0 Å².